The van der Waals surface area contributed by atoms with Gasteiger partial charge in [0.05, 0.1) is 11.5 Å². The SMILES string of the molecule is O=C1CN(C(=O)C2(c3ccc(Cl)cc3)CCCC2)C(c2ccccc2)c2cc(Br)ccc2N1. The van der Waals surface area contributed by atoms with Crippen molar-refractivity contribution in [1.29, 1.82) is 0 Å². The maximum absolute atomic E-state index is 14.5. The van der Waals surface area contributed by atoms with Crippen molar-refractivity contribution in [3.8, 4) is 0 Å². The number of anilines is 1. The first-order valence-electron chi connectivity index (χ1n) is 11.2. The van der Waals surface area contributed by atoms with Crippen LogP contribution in [0.2, 0.25) is 5.02 Å². The number of amides is 2. The van der Waals surface area contributed by atoms with Crippen LogP contribution in [0.25, 0.3) is 0 Å². The number of carbonyl (C=O) groups excluding carboxylic acids is 2. The summed E-state index contributed by atoms with van der Waals surface area (Å²) in [5.74, 6) is -0.186. The molecule has 33 heavy (non-hydrogen) atoms. The van der Waals surface area contributed by atoms with Crippen LogP contribution in [0.15, 0.2) is 77.3 Å². The molecule has 0 saturated heterocycles. The third-order valence-corrected chi connectivity index (χ3v) is 7.59. The molecule has 3 aromatic rings. The molecule has 2 aliphatic rings. The molecular formula is C27H24BrClN2O2. The number of rotatable bonds is 3. The predicted molar refractivity (Wildman–Crippen MR) is 134 cm³/mol. The lowest BCUT2D eigenvalue weighted by Crippen LogP contribution is -2.49. The number of nitrogens with one attached hydrogen (secondary N) is 1. The second kappa shape index (κ2) is 8.96. The molecule has 5 rings (SSSR count). The second-order valence-electron chi connectivity index (χ2n) is 8.82. The minimum Gasteiger partial charge on any atom is -0.324 e. The van der Waals surface area contributed by atoms with E-state index in [0.717, 1.165) is 52.5 Å². The Labute approximate surface area is 207 Å². The third kappa shape index (κ3) is 4.09. The lowest BCUT2D eigenvalue weighted by Gasteiger charge is -2.38. The van der Waals surface area contributed by atoms with Gasteiger partial charge in [0.25, 0.3) is 0 Å². The fourth-order valence-electron chi connectivity index (χ4n) is 5.31. The van der Waals surface area contributed by atoms with Gasteiger partial charge in [-0.3, -0.25) is 9.59 Å². The van der Waals surface area contributed by atoms with Crippen LogP contribution >= 0.6 is 27.5 Å². The van der Waals surface area contributed by atoms with Gasteiger partial charge in [0.1, 0.15) is 6.54 Å². The quantitative estimate of drug-likeness (QED) is 0.427. The lowest BCUT2D eigenvalue weighted by atomic mass is 9.76. The van der Waals surface area contributed by atoms with Crippen LogP contribution in [-0.4, -0.2) is 23.3 Å². The molecule has 168 valence electrons. The number of benzene rings is 3. The molecule has 1 fully saturated rings. The molecule has 1 heterocycles. The Morgan fingerprint density at radius 2 is 1.70 bits per heavy atom. The Morgan fingerprint density at radius 3 is 2.39 bits per heavy atom. The Bertz CT molecular complexity index is 1190. The molecule has 6 heteroatoms. The monoisotopic (exact) mass is 522 g/mol. The smallest absolute Gasteiger partial charge is 0.244 e. The van der Waals surface area contributed by atoms with E-state index in [0.29, 0.717) is 5.02 Å². The van der Waals surface area contributed by atoms with Crippen LogP contribution in [0.5, 0.6) is 0 Å². The Morgan fingerprint density at radius 1 is 1.00 bits per heavy atom. The van der Waals surface area contributed by atoms with Crippen LogP contribution < -0.4 is 5.32 Å². The first kappa shape index (κ1) is 22.2. The summed E-state index contributed by atoms with van der Waals surface area (Å²) < 4.78 is 0.902. The molecule has 0 radical (unpaired) electrons. The predicted octanol–water partition coefficient (Wildman–Crippen LogP) is 6.48. The summed E-state index contributed by atoms with van der Waals surface area (Å²) >= 11 is 9.73. The molecule has 1 atom stereocenters. The molecule has 0 bridgehead atoms. The standard InChI is InChI=1S/C27H24BrClN2O2/c28-20-10-13-23-22(16-20)25(18-6-2-1-3-7-18)31(17-24(32)30-23)26(33)27(14-4-5-15-27)19-8-11-21(29)12-9-19/h1-3,6-13,16,25H,4-5,14-15,17H2,(H,30,32). The van der Waals surface area contributed by atoms with Gasteiger partial charge in [-0.1, -0.05) is 82.8 Å². The van der Waals surface area contributed by atoms with Crippen LogP contribution in [0.3, 0.4) is 0 Å². The van der Waals surface area contributed by atoms with Crippen LogP contribution in [0.1, 0.15) is 48.4 Å². The molecule has 1 unspecified atom stereocenters. The molecule has 0 spiro atoms. The molecule has 1 saturated carbocycles. The van der Waals surface area contributed by atoms with E-state index < -0.39 is 5.41 Å². The van der Waals surface area contributed by atoms with E-state index in [-0.39, 0.29) is 24.4 Å². The summed E-state index contributed by atoms with van der Waals surface area (Å²) in [6.45, 7) is 0.0000328. The zero-order chi connectivity index (χ0) is 23.0. The zero-order valence-corrected chi connectivity index (χ0v) is 20.4. The topological polar surface area (TPSA) is 49.4 Å². The number of carbonyl (C=O) groups is 2. The number of fused-ring (bicyclic) bond motifs is 1. The van der Waals surface area contributed by atoms with Crippen molar-refractivity contribution in [3.63, 3.8) is 0 Å². The van der Waals surface area contributed by atoms with Crippen molar-refractivity contribution in [2.75, 3.05) is 11.9 Å². The van der Waals surface area contributed by atoms with Crippen molar-refractivity contribution in [2.24, 2.45) is 0 Å². The average Bonchev–Trinajstić information content (AvgIpc) is 3.27. The highest BCUT2D eigenvalue weighted by molar-refractivity contribution is 9.10. The number of hydrogen-bond acceptors (Lipinski definition) is 2. The van der Waals surface area contributed by atoms with Crippen molar-refractivity contribution >= 4 is 45.0 Å². The molecule has 4 nitrogen and oxygen atoms in total. The fraction of sp³-hybridized carbons (Fsp3) is 0.259. The average molecular weight is 524 g/mol. The largest absolute Gasteiger partial charge is 0.324 e. The molecule has 1 N–H and O–H groups in total. The van der Waals surface area contributed by atoms with E-state index in [1.807, 2.05) is 72.8 Å². The van der Waals surface area contributed by atoms with Crippen LogP contribution in [0.4, 0.5) is 5.69 Å². The summed E-state index contributed by atoms with van der Waals surface area (Å²) in [5, 5.41) is 3.66. The molecular weight excluding hydrogens is 500 g/mol. The highest BCUT2D eigenvalue weighted by Crippen LogP contribution is 2.46. The van der Waals surface area contributed by atoms with Gasteiger partial charge < -0.3 is 10.2 Å². The fourth-order valence-corrected chi connectivity index (χ4v) is 5.81. The molecule has 1 aliphatic heterocycles. The Hall–Kier alpha value is -2.63. The first-order chi connectivity index (χ1) is 16.0. The minimum absolute atomic E-state index is 0.0000328. The van der Waals surface area contributed by atoms with Gasteiger partial charge in [0.2, 0.25) is 11.8 Å². The van der Waals surface area contributed by atoms with Gasteiger partial charge in [0, 0.05) is 20.7 Å². The van der Waals surface area contributed by atoms with E-state index in [4.69, 9.17) is 11.6 Å². The zero-order valence-electron chi connectivity index (χ0n) is 18.1. The van der Waals surface area contributed by atoms with E-state index in [9.17, 15) is 9.59 Å². The Balaban J connectivity index is 1.67. The second-order valence-corrected chi connectivity index (χ2v) is 10.2. The number of halogens is 2. The van der Waals surface area contributed by atoms with Crippen molar-refractivity contribution in [3.05, 3.63) is 99.0 Å². The van der Waals surface area contributed by atoms with Gasteiger partial charge in [0.15, 0.2) is 0 Å². The minimum atomic E-state index is -0.658. The van der Waals surface area contributed by atoms with Gasteiger partial charge >= 0.3 is 0 Å². The van der Waals surface area contributed by atoms with E-state index in [2.05, 4.69) is 21.2 Å². The van der Waals surface area contributed by atoms with Crippen molar-refractivity contribution in [2.45, 2.75) is 37.1 Å². The maximum atomic E-state index is 14.5. The molecule has 1 aliphatic carbocycles. The molecule has 3 aromatic carbocycles. The summed E-state index contributed by atoms with van der Waals surface area (Å²) in [6.07, 6.45) is 3.48. The maximum Gasteiger partial charge on any atom is 0.244 e. The number of hydrogen-bond donors (Lipinski definition) is 1. The highest BCUT2D eigenvalue weighted by Gasteiger charge is 2.48. The van der Waals surface area contributed by atoms with Crippen LogP contribution in [-0.2, 0) is 15.0 Å². The van der Waals surface area contributed by atoms with Crippen LogP contribution in [0, 0.1) is 0 Å². The highest BCUT2D eigenvalue weighted by atomic mass is 79.9. The first-order valence-corrected chi connectivity index (χ1v) is 12.4. The lowest BCUT2D eigenvalue weighted by molar-refractivity contribution is -0.141. The van der Waals surface area contributed by atoms with Gasteiger partial charge in [-0.15, -0.1) is 0 Å². The summed E-state index contributed by atoms with van der Waals surface area (Å²) in [4.78, 5) is 29.3. The molecule has 0 aromatic heterocycles. The van der Waals surface area contributed by atoms with E-state index in [1.54, 1.807) is 4.90 Å². The summed E-state index contributed by atoms with van der Waals surface area (Å²) in [7, 11) is 0. The van der Waals surface area contributed by atoms with Gasteiger partial charge in [-0.25, -0.2) is 0 Å². The molecule has 2 amide bonds. The van der Waals surface area contributed by atoms with Crippen molar-refractivity contribution in [1.82, 2.24) is 4.90 Å². The number of nitrogens with zero attached hydrogens (tertiary/aromatic N) is 1. The summed E-state index contributed by atoms with van der Waals surface area (Å²) in [5.41, 5.74) is 2.93. The van der Waals surface area contributed by atoms with Gasteiger partial charge in [-0.2, -0.15) is 0 Å². The summed E-state index contributed by atoms with van der Waals surface area (Å²) in [6, 6.07) is 23.0. The van der Waals surface area contributed by atoms with Crippen molar-refractivity contribution < 1.29 is 9.59 Å². The normalized spacial score (nSPS) is 19.5. The van der Waals surface area contributed by atoms with Gasteiger partial charge in [-0.05, 0) is 54.3 Å². The Kier molecular flexibility index (Phi) is 6.02. The van der Waals surface area contributed by atoms with E-state index >= 15 is 0 Å². The van der Waals surface area contributed by atoms with E-state index in [1.165, 1.54) is 0 Å². The third-order valence-electron chi connectivity index (χ3n) is 6.85.